The third kappa shape index (κ3) is 3.30. The van der Waals surface area contributed by atoms with Crippen LogP contribution in [0.25, 0.3) is 0 Å². The highest BCUT2D eigenvalue weighted by atomic mass is 31.2. The van der Waals surface area contributed by atoms with E-state index in [0.717, 1.165) is 14.2 Å². The van der Waals surface area contributed by atoms with Crippen LogP contribution < -0.4 is 16.0 Å². The predicted octanol–water partition coefficient (Wildman–Crippen LogP) is -0.167. The van der Waals surface area contributed by atoms with E-state index >= 15 is 0 Å². The molecule has 1 aromatic rings. The number of hydrogen-bond acceptors (Lipinski definition) is 11. The molecule has 4 N–H and O–H groups in total. The van der Waals surface area contributed by atoms with Crippen LogP contribution in [0.4, 0.5) is 17.3 Å². The summed E-state index contributed by atoms with van der Waals surface area (Å²) >= 11 is 0. The summed E-state index contributed by atoms with van der Waals surface area (Å²) < 4.78 is 49.2. The third-order valence-corrected chi connectivity index (χ3v) is 6.62. The van der Waals surface area contributed by atoms with E-state index in [1.807, 2.05) is 0 Å². The Morgan fingerprint density at radius 1 is 1.21 bits per heavy atom. The number of hydrogen-bond donors (Lipinski definition) is 3. The average Bonchev–Trinajstić information content (AvgIpc) is 3.19. The first kappa shape index (κ1) is 20.0. The molecule has 14 nitrogen and oxygen atoms in total. The van der Waals surface area contributed by atoms with Crippen molar-refractivity contribution in [2.75, 3.05) is 24.9 Å². The monoisotopic (exact) mass is 438 g/mol. The molecule has 0 aromatic carbocycles. The van der Waals surface area contributed by atoms with Gasteiger partial charge < -0.3 is 25.2 Å². The molecular weight excluding hydrogens is 420 g/mol. The highest BCUT2D eigenvalue weighted by Gasteiger charge is 2.60. The smallest absolute Gasteiger partial charge is 0.382 e. The Morgan fingerprint density at radius 3 is 2.57 bits per heavy atom. The standard InChI is InChI=1S/C12H18N5O9P2/c1-22-27(18,19)25-5-3-6-17-11-7(10(13)14-4-15-11)16-12(17)9(8(5)24-6)26-28(20,21)23-2/h4-6,8-9,12H,3H2,1-2H3,(H,18,19)(H,20,21)(H2,13,14,15)/t5-,6+,8-,9+,12-/m0/s1. The van der Waals surface area contributed by atoms with Gasteiger partial charge >= 0.3 is 15.6 Å². The molecule has 0 saturated carbocycles. The van der Waals surface area contributed by atoms with E-state index in [4.69, 9.17) is 19.5 Å². The SMILES string of the molecule is COP(=O)(O)O[C@@H]1[C@H]2O[C@H](C[C@@H]2OP(=O)(O)OC)N2c3ncnc(N)c3[N][C@H]12. The van der Waals surface area contributed by atoms with Gasteiger partial charge in [0.2, 0.25) is 0 Å². The van der Waals surface area contributed by atoms with Gasteiger partial charge in [0.1, 0.15) is 36.6 Å². The van der Waals surface area contributed by atoms with Crippen molar-refractivity contribution in [1.82, 2.24) is 15.3 Å². The van der Waals surface area contributed by atoms with Gasteiger partial charge in [-0.15, -0.1) is 0 Å². The van der Waals surface area contributed by atoms with Crippen molar-refractivity contribution in [3.05, 3.63) is 6.33 Å². The predicted molar refractivity (Wildman–Crippen MR) is 91.2 cm³/mol. The fourth-order valence-electron chi connectivity index (χ4n) is 3.48. The highest BCUT2D eigenvalue weighted by molar-refractivity contribution is 7.47. The van der Waals surface area contributed by atoms with Crippen LogP contribution in [0.1, 0.15) is 6.42 Å². The number of aromatic nitrogens is 2. The lowest BCUT2D eigenvalue weighted by Crippen LogP contribution is -2.59. The minimum atomic E-state index is -4.47. The van der Waals surface area contributed by atoms with Crippen LogP contribution in [0.2, 0.25) is 0 Å². The van der Waals surface area contributed by atoms with Gasteiger partial charge in [-0.3, -0.25) is 18.1 Å². The molecule has 3 aliphatic heterocycles. The van der Waals surface area contributed by atoms with E-state index in [1.54, 1.807) is 4.90 Å². The van der Waals surface area contributed by atoms with Gasteiger partial charge in [-0.25, -0.2) is 24.4 Å². The maximum Gasteiger partial charge on any atom is 0.472 e. The Bertz CT molecular complexity index is 874. The molecule has 155 valence electrons. The zero-order valence-electron chi connectivity index (χ0n) is 14.7. The Morgan fingerprint density at radius 2 is 1.89 bits per heavy atom. The number of nitrogens with two attached hydrogens (primary N) is 1. The number of ether oxygens (including phenoxy) is 1. The second kappa shape index (κ2) is 6.87. The molecule has 1 radical (unpaired) electrons. The van der Waals surface area contributed by atoms with Crippen molar-refractivity contribution in [2.24, 2.45) is 0 Å². The molecule has 3 aliphatic rings. The lowest BCUT2D eigenvalue weighted by Gasteiger charge is -2.41. The van der Waals surface area contributed by atoms with Crippen LogP contribution in [0, 0.1) is 0 Å². The average molecular weight is 438 g/mol. The van der Waals surface area contributed by atoms with Crippen LogP contribution in [-0.4, -0.2) is 64.7 Å². The first-order chi connectivity index (χ1) is 13.2. The highest BCUT2D eigenvalue weighted by Crippen LogP contribution is 2.55. The molecule has 2 bridgehead atoms. The molecule has 0 amide bonds. The molecule has 7 atom stereocenters. The summed E-state index contributed by atoms with van der Waals surface area (Å²) in [6.45, 7) is 0. The largest absolute Gasteiger partial charge is 0.472 e. The molecule has 2 saturated heterocycles. The summed E-state index contributed by atoms with van der Waals surface area (Å²) in [6, 6.07) is 0. The zero-order chi connectivity index (χ0) is 20.3. The summed E-state index contributed by atoms with van der Waals surface area (Å²) in [7, 11) is -6.80. The normalized spacial score (nSPS) is 34.9. The fraction of sp³-hybridized carbons (Fsp3) is 0.667. The van der Waals surface area contributed by atoms with Crippen molar-refractivity contribution in [1.29, 1.82) is 0 Å². The minimum Gasteiger partial charge on any atom is -0.382 e. The van der Waals surface area contributed by atoms with Crippen LogP contribution in [0.15, 0.2) is 6.33 Å². The van der Waals surface area contributed by atoms with Crippen molar-refractivity contribution in [3.8, 4) is 0 Å². The Balaban J connectivity index is 1.71. The maximum atomic E-state index is 12.1. The molecule has 2 fully saturated rings. The quantitative estimate of drug-likeness (QED) is 0.497. The molecule has 4 heterocycles. The number of nitrogens with zero attached hydrogens (tertiary/aromatic N) is 4. The number of nitrogen functional groups attached to an aromatic ring is 1. The van der Waals surface area contributed by atoms with Crippen molar-refractivity contribution in [3.63, 3.8) is 0 Å². The van der Waals surface area contributed by atoms with Crippen molar-refractivity contribution >= 4 is 33.0 Å². The second-order valence-electron chi connectivity index (χ2n) is 6.19. The summed E-state index contributed by atoms with van der Waals surface area (Å²) in [5, 5.41) is 4.43. The first-order valence-corrected chi connectivity index (χ1v) is 11.0. The van der Waals surface area contributed by atoms with Gasteiger partial charge in [-0.1, -0.05) is 0 Å². The number of phosphoric ester groups is 2. The Kier molecular flexibility index (Phi) is 4.90. The van der Waals surface area contributed by atoms with Crippen molar-refractivity contribution < 1.29 is 41.7 Å². The molecule has 4 rings (SSSR count). The van der Waals surface area contributed by atoms with E-state index in [-0.39, 0.29) is 12.2 Å². The van der Waals surface area contributed by atoms with Gasteiger partial charge in [0.05, 0.1) is 0 Å². The lowest BCUT2D eigenvalue weighted by molar-refractivity contribution is -0.103. The van der Waals surface area contributed by atoms with E-state index in [2.05, 4.69) is 24.3 Å². The Hall–Kier alpha value is -1.34. The van der Waals surface area contributed by atoms with Gasteiger partial charge in [0, 0.05) is 20.6 Å². The molecule has 16 heteroatoms. The fourth-order valence-corrected chi connectivity index (χ4v) is 4.73. The summed E-state index contributed by atoms with van der Waals surface area (Å²) in [5.41, 5.74) is 6.15. The second-order valence-corrected chi connectivity index (χ2v) is 9.21. The molecule has 1 aromatic heterocycles. The molecule has 0 aliphatic carbocycles. The van der Waals surface area contributed by atoms with Gasteiger partial charge in [-0.2, -0.15) is 0 Å². The number of phosphoric acid groups is 2. The van der Waals surface area contributed by atoms with Gasteiger partial charge in [-0.05, 0) is 0 Å². The zero-order valence-corrected chi connectivity index (χ0v) is 16.5. The third-order valence-electron chi connectivity index (χ3n) is 4.65. The molecule has 2 unspecified atom stereocenters. The van der Waals surface area contributed by atoms with Crippen LogP contribution >= 0.6 is 15.6 Å². The topological polar surface area (TPSA) is 190 Å². The maximum absolute atomic E-state index is 12.1. The minimum absolute atomic E-state index is 0.122. The van der Waals surface area contributed by atoms with E-state index in [9.17, 15) is 18.9 Å². The Labute approximate surface area is 159 Å². The first-order valence-electron chi connectivity index (χ1n) is 8.05. The van der Waals surface area contributed by atoms with Crippen LogP contribution in [0.5, 0.6) is 0 Å². The number of fused-ring (bicyclic) bond motifs is 6. The number of anilines is 2. The van der Waals surface area contributed by atoms with Crippen LogP contribution in [0.3, 0.4) is 0 Å². The number of rotatable bonds is 6. The van der Waals surface area contributed by atoms with Crippen molar-refractivity contribution in [2.45, 2.75) is 37.1 Å². The molecular formula is C12H18N5O9P2. The van der Waals surface area contributed by atoms with Crippen LogP contribution in [-0.2, 0) is 32.0 Å². The summed E-state index contributed by atoms with van der Waals surface area (Å²) in [5.74, 6) is 0.472. The van der Waals surface area contributed by atoms with Gasteiger partial charge in [0.15, 0.2) is 17.8 Å². The summed E-state index contributed by atoms with van der Waals surface area (Å²) in [6.07, 6.45) is -3.34. The summed E-state index contributed by atoms with van der Waals surface area (Å²) in [4.78, 5) is 29.2. The lowest BCUT2D eigenvalue weighted by atomic mass is 10.1. The van der Waals surface area contributed by atoms with E-state index in [0.29, 0.717) is 11.5 Å². The molecule has 0 spiro atoms. The van der Waals surface area contributed by atoms with E-state index < -0.39 is 46.4 Å². The van der Waals surface area contributed by atoms with E-state index in [1.165, 1.54) is 6.33 Å². The van der Waals surface area contributed by atoms with Gasteiger partial charge in [0.25, 0.3) is 0 Å². The molecule has 28 heavy (non-hydrogen) atoms.